The third-order valence-corrected chi connectivity index (χ3v) is 2.82. The first-order valence-electron chi connectivity index (χ1n) is 5.51. The van der Waals surface area contributed by atoms with Gasteiger partial charge in [-0.1, -0.05) is 18.2 Å². The molecule has 0 radical (unpaired) electrons. The van der Waals surface area contributed by atoms with Crippen LogP contribution in [0.5, 0.6) is 11.5 Å². The molecule has 4 nitrogen and oxygen atoms in total. The Morgan fingerprint density at radius 3 is 2.44 bits per heavy atom. The third-order valence-electron chi connectivity index (χ3n) is 2.82. The fourth-order valence-electron chi connectivity index (χ4n) is 1.99. The van der Waals surface area contributed by atoms with Crippen molar-refractivity contribution in [3.05, 3.63) is 35.9 Å². The lowest BCUT2D eigenvalue weighted by Gasteiger charge is -2.11. The van der Waals surface area contributed by atoms with E-state index in [2.05, 4.69) is 0 Å². The lowest BCUT2D eigenvalue weighted by Crippen LogP contribution is -2.01. The monoisotopic (exact) mass is 246 g/mol. The molecular formula is C14H14O4. The molecule has 0 saturated heterocycles. The predicted octanol–water partition coefficient (Wildman–Crippen LogP) is 2.48. The molecule has 2 aromatic carbocycles. The summed E-state index contributed by atoms with van der Waals surface area (Å²) >= 11 is 0. The van der Waals surface area contributed by atoms with Gasteiger partial charge in [0, 0.05) is 0 Å². The molecule has 0 unspecified atom stereocenters. The van der Waals surface area contributed by atoms with Gasteiger partial charge in [-0.2, -0.15) is 0 Å². The van der Waals surface area contributed by atoms with Gasteiger partial charge in [0.25, 0.3) is 0 Å². The Hall–Kier alpha value is -2.23. The Bertz CT molecular complexity index is 590. The van der Waals surface area contributed by atoms with Crippen LogP contribution in [-0.2, 0) is 11.2 Å². The summed E-state index contributed by atoms with van der Waals surface area (Å²) in [6.07, 6.45) is -0.00712. The van der Waals surface area contributed by atoms with Crippen LogP contribution >= 0.6 is 0 Å². The Labute approximate surface area is 105 Å². The molecule has 0 aliphatic heterocycles. The number of fused-ring (bicyclic) bond motifs is 1. The van der Waals surface area contributed by atoms with Crippen molar-refractivity contribution >= 4 is 16.7 Å². The summed E-state index contributed by atoms with van der Waals surface area (Å²) in [6, 6.07) is 9.23. The second-order valence-electron chi connectivity index (χ2n) is 3.92. The number of aliphatic carboxylic acids is 1. The van der Waals surface area contributed by atoms with Crippen molar-refractivity contribution in [1.82, 2.24) is 0 Å². The standard InChI is InChI=1S/C14H14O4/c1-17-12-6-9-4-3-5-10(7-14(15)16)11(9)8-13(12)18-2/h3-6,8H,7H2,1-2H3,(H,15,16). The fourth-order valence-corrected chi connectivity index (χ4v) is 1.99. The number of rotatable bonds is 4. The second-order valence-corrected chi connectivity index (χ2v) is 3.92. The number of methoxy groups -OCH3 is 2. The third kappa shape index (κ3) is 2.22. The highest BCUT2D eigenvalue weighted by molar-refractivity contribution is 5.91. The van der Waals surface area contributed by atoms with Crippen LogP contribution in [0.15, 0.2) is 30.3 Å². The minimum absolute atomic E-state index is 0.00712. The zero-order valence-corrected chi connectivity index (χ0v) is 10.3. The first kappa shape index (κ1) is 12.2. The zero-order chi connectivity index (χ0) is 13.1. The van der Waals surface area contributed by atoms with Gasteiger partial charge in [0.05, 0.1) is 20.6 Å². The van der Waals surface area contributed by atoms with Crippen molar-refractivity contribution in [3.63, 3.8) is 0 Å². The van der Waals surface area contributed by atoms with E-state index in [0.29, 0.717) is 11.5 Å². The zero-order valence-electron chi connectivity index (χ0n) is 10.3. The van der Waals surface area contributed by atoms with Gasteiger partial charge < -0.3 is 14.6 Å². The first-order chi connectivity index (χ1) is 8.65. The molecule has 0 bridgehead atoms. The maximum absolute atomic E-state index is 10.8. The van der Waals surface area contributed by atoms with Crippen molar-refractivity contribution in [1.29, 1.82) is 0 Å². The van der Waals surface area contributed by atoms with E-state index in [9.17, 15) is 4.79 Å². The summed E-state index contributed by atoms with van der Waals surface area (Å²) in [7, 11) is 3.13. The molecule has 0 heterocycles. The van der Waals surface area contributed by atoms with Crippen molar-refractivity contribution < 1.29 is 19.4 Å². The van der Waals surface area contributed by atoms with Crippen LogP contribution in [0, 0.1) is 0 Å². The second kappa shape index (κ2) is 4.96. The van der Waals surface area contributed by atoms with Crippen molar-refractivity contribution in [3.8, 4) is 11.5 Å². The Kier molecular flexibility index (Phi) is 3.37. The summed E-state index contributed by atoms with van der Waals surface area (Å²) in [5.74, 6) is 0.387. The lowest BCUT2D eigenvalue weighted by molar-refractivity contribution is -0.136. The van der Waals surface area contributed by atoms with E-state index in [1.807, 2.05) is 30.3 Å². The minimum atomic E-state index is -0.850. The van der Waals surface area contributed by atoms with Gasteiger partial charge >= 0.3 is 5.97 Å². The largest absolute Gasteiger partial charge is 0.493 e. The SMILES string of the molecule is COc1cc2cccc(CC(=O)O)c2cc1OC. The van der Waals surface area contributed by atoms with Crippen molar-refractivity contribution in [2.75, 3.05) is 14.2 Å². The molecule has 0 aromatic heterocycles. The van der Waals surface area contributed by atoms with Gasteiger partial charge in [0.2, 0.25) is 0 Å². The predicted molar refractivity (Wildman–Crippen MR) is 68.4 cm³/mol. The van der Waals surface area contributed by atoms with Crippen LogP contribution in [0.25, 0.3) is 10.8 Å². The highest BCUT2D eigenvalue weighted by Crippen LogP contribution is 2.33. The van der Waals surface area contributed by atoms with Gasteiger partial charge in [0.15, 0.2) is 11.5 Å². The quantitative estimate of drug-likeness (QED) is 0.900. The topological polar surface area (TPSA) is 55.8 Å². The van der Waals surface area contributed by atoms with Crippen LogP contribution in [0.3, 0.4) is 0 Å². The van der Waals surface area contributed by atoms with E-state index in [0.717, 1.165) is 16.3 Å². The Morgan fingerprint density at radius 2 is 1.83 bits per heavy atom. The van der Waals surface area contributed by atoms with Gasteiger partial charge in [-0.3, -0.25) is 4.79 Å². The van der Waals surface area contributed by atoms with E-state index in [4.69, 9.17) is 14.6 Å². The van der Waals surface area contributed by atoms with E-state index < -0.39 is 5.97 Å². The highest BCUT2D eigenvalue weighted by atomic mass is 16.5. The molecular weight excluding hydrogens is 232 g/mol. The molecule has 18 heavy (non-hydrogen) atoms. The van der Waals surface area contributed by atoms with Crippen LogP contribution in [0.1, 0.15) is 5.56 Å². The molecule has 0 atom stereocenters. The average molecular weight is 246 g/mol. The number of carboxylic acids is 1. The summed E-state index contributed by atoms with van der Waals surface area (Å²) in [5, 5.41) is 10.7. The van der Waals surface area contributed by atoms with Gasteiger partial charge in [-0.05, 0) is 28.5 Å². The number of ether oxygens (including phenoxy) is 2. The minimum Gasteiger partial charge on any atom is -0.493 e. The van der Waals surface area contributed by atoms with Gasteiger partial charge in [-0.15, -0.1) is 0 Å². The van der Waals surface area contributed by atoms with E-state index in [1.54, 1.807) is 14.2 Å². The Morgan fingerprint density at radius 1 is 1.17 bits per heavy atom. The summed E-state index contributed by atoms with van der Waals surface area (Å²) in [5.41, 5.74) is 0.765. The first-order valence-corrected chi connectivity index (χ1v) is 5.51. The molecule has 0 fully saturated rings. The molecule has 4 heteroatoms. The van der Waals surface area contributed by atoms with Crippen LogP contribution < -0.4 is 9.47 Å². The molecule has 0 aliphatic carbocycles. The molecule has 0 aliphatic rings. The van der Waals surface area contributed by atoms with E-state index in [-0.39, 0.29) is 6.42 Å². The molecule has 94 valence electrons. The molecule has 0 amide bonds. The summed E-state index contributed by atoms with van der Waals surface area (Å²) in [4.78, 5) is 10.8. The normalized spacial score (nSPS) is 10.3. The van der Waals surface area contributed by atoms with E-state index >= 15 is 0 Å². The van der Waals surface area contributed by atoms with Crippen LogP contribution in [0.2, 0.25) is 0 Å². The molecule has 0 spiro atoms. The smallest absolute Gasteiger partial charge is 0.307 e. The fraction of sp³-hybridized carbons (Fsp3) is 0.214. The molecule has 0 saturated carbocycles. The molecule has 2 aromatic rings. The average Bonchev–Trinajstić information content (AvgIpc) is 2.37. The van der Waals surface area contributed by atoms with Crippen LogP contribution in [-0.4, -0.2) is 25.3 Å². The lowest BCUT2D eigenvalue weighted by atomic mass is 10.0. The maximum atomic E-state index is 10.8. The number of hydrogen-bond donors (Lipinski definition) is 1. The van der Waals surface area contributed by atoms with E-state index in [1.165, 1.54) is 0 Å². The molecule has 2 rings (SSSR count). The molecule has 1 N–H and O–H groups in total. The van der Waals surface area contributed by atoms with Gasteiger partial charge in [-0.25, -0.2) is 0 Å². The van der Waals surface area contributed by atoms with Crippen molar-refractivity contribution in [2.24, 2.45) is 0 Å². The number of carbonyl (C=O) groups is 1. The Balaban J connectivity index is 2.64. The number of carboxylic acid groups (broad SMARTS) is 1. The number of benzene rings is 2. The van der Waals surface area contributed by atoms with Gasteiger partial charge in [0.1, 0.15) is 0 Å². The number of hydrogen-bond acceptors (Lipinski definition) is 3. The maximum Gasteiger partial charge on any atom is 0.307 e. The summed E-state index contributed by atoms with van der Waals surface area (Å²) < 4.78 is 10.5. The van der Waals surface area contributed by atoms with Crippen LogP contribution in [0.4, 0.5) is 0 Å². The summed E-state index contributed by atoms with van der Waals surface area (Å²) in [6.45, 7) is 0. The van der Waals surface area contributed by atoms with Crippen molar-refractivity contribution in [2.45, 2.75) is 6.42 Å². The highest BCUT2D eigenvalue weighted by Gasteiger charge is 2.10.